The molecule has 174 valence electrons. The summed E-state index contributed by atoms with van der Waals surface area (Å²) in [7, 11) is 0. The first-order valence-corrected chi connectivity index (χ1v) is 12.3. The van der Waals surface area contributed by atoms with Crippen molar-refractivity contribution in [1.29, 1.82) is 0 Å². The van der Waals surface area contributed by atoms with Crippen LogP contribution in [0.4, 0.5) is 0 Å². The zero-order valence-electron chi connectivity index (χ0n) is 19.9. The van der Waals surface area contributed by atoms with Crippen molar-refractivity contribution in [3.05, 3.63) is 0 Å². The summed E-state index contributed by atoms with van der Waals surface area (Å²) in [6.45, 7) is 12.5. The molecule has 0 amide bonds. The molecule has 5 rings (SSSR count). The van der Waals surface area contributed by atoms with Gasteiger partial charge in [-0.1, -0.05) is 25.9 Å². The molecule has 1 aliphatic heterocycles. The van der Waals surface area contributed by atoms with Crippen LogP contribution in [0, 0.1) is 40.4 Å². The fraction of sp³-hybridized carbons (Fsp3) is 0.920. The second-order valence-corrected chi connectivity index (χ2v) is 11.9. The van der Waals surface area contributed by atoms with Gasteiger partial charge in [-0.25, -0.2) is 0 Å². The molecule has 31 heavy (non-hydrogen) atoms. The fourth-order valence-corrected chi connectivity index (χ4v) is 9.04. The first-order valence-electron chi connectivity index (χ1n) is 12.3. The van der Waals surface area contributed by atoms with Crippen LogP contribution in [0.25, 0.3) is 0 Å². The minimum absolute atomic E-state index is 0.00776. The molecule has 0 aromatic carbocycles. The molecule has 5 aliphatic rings. The lowest BCUT2D eigenvalue weighted by Crippen LogP contribution is -2.66. The van der Waals surface area contributed by atoms with Crippen molar-refractivity contribution >= 4 is 11.7 Å². The Balaban J connectivity index is 1.55. The molecule has 6 nitrogen and oxygen atoms in total. The molecule has 0 radical (unpaired) electrons. The van der Waals surface area contributed by atoms with Gasteiger partial charge >= 0.3 is 5.97 Å². The van der Waals surface area contributed by atoms with Gasteiger partial charge < -0.3 is 19.4 Å². The number of fused-ring (bicyclic) bond motifs is 6. The summed E-state index contributed by atoms with van der Waals surface area (Å²) in [5.74, 6) is 1.49. The summed E-state index contributed by atoms with van der Waals surface area (Å²) in [5, 5.41) is 13.3. The van der Waals surface area contributed by atoms with Gasteiger partial charge in [0.2, 0.25) is 0 Å². The molecule has 4 aliphatic carbocycles. The SMILES string of the molecule is CC(=O)OC1C2OC(C)(C)OC2C(C)C2CCC3C4CC/C(=N\O)C4(C)CCC3C21C. The predicted octanol–water partition coefficient (Wildman–Crippen LogP) is 4.78. The van der Waals surface area contributed by atoms with Crippen molar-refractivity contribution in [2.24, 2.45) is 45.6 Å². The van der Waals surface area contributed by atoms with Gasteiger partial charge in [-0.05, 0) is 82.0 Å². The molecule has 4 saturated carbocycles. The molecule has 1 N–H and O–H groups in total. The van der Waals surface area contributed by atoms with Crippen LogP contribution in [0.1, 0.15) is 80.1 Å². The normalized spacial score (nSPS) is 53.9. The van der Waals surface area contributed by atoms with E-state index >= 15 is 0 Å². The van der Waals surface area contributed by atoms with Crippen LogP contribution in [-0.2, 0) is 19.0 Å². The van der Waals surface area contributed by atoms with E-state index in [9.17, 15) is 10.0 Å². The number of ether oxygens (including phenoxy) is 3. The van der Waals surface area contributed by atoms with E-state index in [1.165, 1.54) is 13.3 Å². The Labute approximate surface area is 186 Å². The van der Waals surface area contributed by atoms with Crippen molar-refractivity contribution in [1.82, 2.24) is 0 Å². The molecule has 10 unspecified atom stereocenters. The summed E-state index contributed by atoms with van der Waals surface area (Å²) < 4.78 is 18.9. The van der Waals surface area contributed by atoms with E-state index in [-0.39, 0.29) is 35.1 Å². The van der Waals surface area contributed by atoms with E-state index in [1.807, 2.05) is 13.8 Å². The number of rotatable bonds is 1. The van der Waals surface area contributed by atoms with Crippen molar-refractivity contribution in [3.63, 3.8) is 0 Å². The largest absolute Gasteiger partial charge is 0.459 e. The van der Waals surface area contributed by atoms with Gasteiger partial charge in [0, 0.05) is 17.8 Å². The van der Waals surface area contributed by atoms with Crippen LogP contribution in [0.5, 0.6) is 0 Å². The summed E-state index contributed by atoms with van der Waals surface area (Å²) in [4.78, 5) is 12.3. The van der Waals surface area contributed by atoms with Crippen molar-refractivity contribution in [2.45, 2.75) is 104 Å². The van der Waals surface area contributed by atoms with Crippen LogP contribution in [0.3, 0.4) is 0 Å². The molecule has 10 atom stereocenters. The maximum Gasteiger partial charge on any atom is 0.303 e. The minimum atomic E-state index is -0.658. The number of hydrogen-bond donors (Lipinski definition) is 1. The van der Waals surface area contributed by atoms with Crippen LogP contribution in [0.2, 0.25) is 0 Å². The highest BCUT2D eigenvalue weighted by molar-refractivity contribution is 5.92. The molecule has 0 aromatic rings. The van der Waals surface area contributed by atoms with Crippen LogP contribution < -0.4 is 0 Å². The predicted molar refractivity (Wildman–Crippen MR) is 116 cm³/mol. The van der Waals surface area contributed by atoms with E-state index in [2.05, 4.69) is 25.9 Å². The van der Waals surface area contributed by atoms with Gasteiger partial charge in [-0.3, -0.25) is 4.79 Å². The standard InChI is InChI=1S/C25H39NO5/c1-13-16-8-7-15-17-9-10-19(26-28)24(17,5)12-11-18(15)25(16,6)22(29-14(2)27)21-20(13)30-23(3,4)31-21/h13,15-18,20-22,28H,7-12H2,1-6H3/b26-19+. The van der Waals surface area contributed by atoms with Gasteiger partial charge in [0.25, 0.3) is 0 Å². The van der Waals surface area contributed by atoms with Gasteiger partial charge in [-0.2, -0.15) is 0 Å². The highest BCUT2D eigenvalue weighted by atomic mass is 16.8. The highest BCUT2D eigenvalue weighted by Gasteiger charge is 2.69. The third-order valence-electron chi connectivity index (χ3n) is 10.2. The Morgan fingerprint density at radius 2 is 1.74 bits per heavy atom. The number of esters is 1. The first kappa shape index (κ1) is 21.7. The number of carbonyl (C=O) groups excluding carboxylic acids is 1. The average Bonchev–Trinajstić information content (AvgIpc) is 3.20. The lowest BCUT2D eigenvalue weighted by molar-refractivity contribution is -0.229. The van der Waals surface area contributed by atoms with Crippen LogP contribution >= 0.6 is 0 Å². The van der Waals surface area contributed by atoms with E-state index in [0.29, 0.717) is 29.6 Å². The Bertz CT molecular complexity index is 795. The van der Waals surface area contributed by atoms with Gasteiger partial charge in [0.05, 0.1) is 11.8 Å². The van der Waals surface area contributed by atoms with E-state index in [4.69, 9.17) is 14.2 Å². The lowest BCUT2D eigenvalue weighted by Gasteiger charge is -2.64. The Kier molecular flexibility index (Phi) is 4.85. The summed E-state index contributed by atoms with van der Waals surface area (Å²) in [5.41, 5.74) is 0.860. The molecular formula is C25H39NO5. The summed E-state index contributed by atoms with van der Waals surface area (Å²) >= 11 is 0. The molecule has 5 fully saturated rings. The van der Waals surface area contributed by atoms with Gasteiger partial charge in [-0.15, -0.1) is 0 Å². The second kappa shape index (κ2) is 6.93. The average molecular weight is 434 g/mol. The van der Waals surface area contributed by atoms with E-state index < -0.39 is 5.79 Å². The van der Waals surface area contributed by atoms with Gasteiger partial charge in [0.15, 0.2) is 5.79 Å². The zero-order valence-corrected chi connectivity index (χ0v) is 19.9. The van der Waals surface area contributed by atoms with Crippen molar-refractivity contribution in [3.8, 4) is 0 Å². The number of carbonyl (C=O) groups is 1. The maximum absolute atomic E-state index is 12.3. The number of oxime groups is 1. The van der Waals surface area contributed by atoms with E-state index in [0.717, 1.165) is 37.8 Å². The van der Waals surface area contributed by atoms with Crippen molar-refractivity contribution < 1.29 is 24.2 Å². The molecule has 6 heteroatoms. The van der Waals surface area contributed by atoms with Crippen molar-refractivity contribution in [2.75, 3.05) is 0 Å². The number of nitrogens with zero attached hydrogens (tertiary/aromatic N) is 1. The maximum atomic E-state index is 12.3. The molecular weight excluding hydrogens is 394 g/mol. The lowest BCUT2D eigenvalue weighted by atomic mass is 9.42. The minimum Gasteiger partial charge on any atom is -0.459 e. The van der Waals surface area contributed by atoms with Gasteiger partial charge in [0.1, 0.15) is 12.2 Å². The third kappa shape index (κ3) is 2.89. The Morgan fingerprint density at radius 1 is 1.03 bits per heavy atom. The van der Waals surface area contributed by atoms with Crippen LogP contribution in [0.15, 0.2) is 5.16 Å². The smallest absolute Gasteiger partial charge is 0.303 e. The fourth-order valence-electron chi connectivity index (χ4n) is 9.04. The topological polar surface area (TPSA) is 77.4 Å². The van der Waals surface area contributed by atoms with E-state index in [1.54, 1.807) is 0 Å². The quantitative estimate of drug-likeness (QED) is 0.366. The zero-order chi connectivity index (χ0) is 22.3. The summed E-state index contributed by atoms with van der Waals surface area (Å²) in [6, 6.07) is 0. The highest BCUT2D eigenvalue weighted by Crippen LogP contribution is 2.67. The summed E-state index contributed by atoms with van der Waals surface area (Å²) in [6.07, 6.45) is 5.90. The first-order chi connectivity index (χ1) is 14.5. The van der Waals surface area contributed by atoms with Crippen LogP contribution in [-0.4, -0.2) is 41.0 Å². The molecule has 0 aromatic heterocycles. The molecule has 1 saturated heterocycles. The Hall–Kier alpha value is -1.14. The third-order valence-corrected chi connectivity index (χ3v) is 10.2. The monoisotopic (exact) mass is 433 g/mol. The molecule has 1 heterocycles. The molecule has 0 spiro atoms. The second-order valence-electron chi connectivity index (χ2n) is 11.9. The number of hydrogen-bond acceptors (Lipinski definition) is 6. The Morgan fingerprint density at radius 3 is 2.42 bits per heavy atom. The molecule has 0 bridgehead atoms.